The van der Waals surface area contributed by atoms with E-state index in [1.165, 1.54) is 0 Å². The first-order valence-corrected chi connectivity index (χ1v) is 6.64. The fraction of sp³-hybridized carbons (Fsp3) is 0.125. The zero-order valence-corrected chi connectivity index (χ0v) is 11.4. The molecule has 0 saturated carbocycles. The predicted molar refractivity (Wildman–Crippen MR) is 82.0 cm³/mol. The van der Waals surface area contributed by atoms with Crippen LogP contribution < -0.4 is 10.5 Å². The number of nitrogens with two attached hydrogens (primary N) is 1. The van der Waals surface area contributed by atoms with Crippen LogP contribution in [-0.2, 0) is 0 Å². The van der Waals surface area contributed by atoms with Gasteiger partial charge in [0.15, 0.2) is 0 Å². The van der Waals surface area contributed by atoms with Crippen molar-refractivity contribution in [2.75, 3.05) is 18.9 Å². The maximum absolute atomic E-state index is 8.82. The van der Waals surface area contributed by atoms with Crippen LogP contribution in [-0.4, -0.2) is 28.3 Å². The quantitative estimate of drug-likeness (QED) is 0.766. The Bertz CT molecular complexity index is 769. The van der Waals surface area contributed by atoms with Crippen molar-refractivity contribution >= 4 is 16.7 Å². The summed E-state index contributed by atoms with van der Waals surface area (Å²) in [4.78, 5) is 8.30. The van der Waals surface area contributed by atoms with Crippen LogP contribution in [0.3, 0.4) is 0 Å². The van der Waals surface area contributed by atoms with Crippen molar-refractivity contribution in [1.29, 1.82) is 0 Å². The summed E-state index contributed by atoms with van der Waals surface area (Å²) in [5.74, 6) is 0.507. The van der Waals surface area contributed by atoms with Crippen molar-refractivity contribution in [3.63, 3.8) is 0 Å². The topological polar surface area (TPSA) is 81.3 Å². The van der Waals surface area contributed by atoms with Crippen LogP contribution in [0.1, 0.15) is 0 Å². The number of nitrogen functional groups attached to an aromatic ring is 1. The molecule has 0 aliphatic rings. The molecule has 0 saturated heterocycles. The molecule has 0 fully saturated rings. The Labute approximate surface area is 122 Å². The molecule has 2 aromatic carbocycles. The normalized spacial score (nSPS) is 10.7. The first-order valence-electron chi connectivity index (χ1n) is 6.64. The molecule has 0 radical (unpaired) electrons. The zero-order chi connectivity index (χ0) is 14.7. The molecule has 106 valence electrons. The van der Waals surface area contributed by atoms with Gasteiger partial charge < -0.3 is 15.6 Å². The number of nitrogens with zero attached hydrogens (tertiary/aromatic N) is 2. The number of anilines is 1. The van der Waals surface area contributed by atoms with E-state index in [4.69, 9.17) is 15.6 Å². The standard InChI is InChI=1S/C16H15N3O2/c17-16-18-14(10-15(19-16)21-9-8-20)13-7-3-5-11-4-1-2-6-12(11)13/h1-7,10,20H,8-9H2,(H2,17,18,19). The van der Waals surface area contributed by atoms with Crippen LogP contribution >= 0.6 is 0 Å². The summed E-state index contributed by atoms with van der Waals surface area (Å²) in [6.07, 6.45) is 0. The molecule has 3 aromatic rings. The minimum atomic E-state index is -0.0759. The van der Waals surface area contributed by atoms with E-state index >= 15 is 0 Å². The van der Waals surface area contributed by atoms with Crippen molar-refractivity contribution in [3.05, 3.63) is 48.5 Å². The summed E-state index contributed by atoms with van der Waals surface area (Å²) < 4.78 is 5.33. The fourth-order valence-corrected chi connectivity index (χ4v) is 2.25. The fourth-order valence-electron chi connectivity index (χ4n) is 2.25. The van der Waals surface area contributed by atoms with Gasteiger partial charge >= 0.3 is 0 Å². The van der Waals surface area contributed by atoms with Gasteiger partial charge in [-0.15, -0.1) is 0 Å². The number of hydrogen-bond acceptors (Lipinski definition) is 5. The van der Waals surface area contributed by atoms with Crippen molar-refractivity contribution in [3.8, 4) is 17.1 Å². The van der Waals surface area contributed by atoms with Crippen LogP contribution in [0.25, 0.3) is 22.0 Å². The molecule has 21 heavy (non-hydrogen) atoms. The summed E-state index contributed by atoms with van der Waals surface area (Å²) in [6.45, 7) is 0.0962. The van der Waals surface area contributed by atoms with Gasteiger partial charge in [0.25, 0.3) is 0 Å². The SMILES string of the molecule is Nc1nc(OCCO)cc(-c2cccc3ccccc23)n1. The summed E-state index contributed by atoms with van der Waals surface area (Å²) in [6, 6.07) is 15.8. The van der Waals surface area contributed by atoms with E-state index in [1.807, 2.05) is 42.5 Å². The van der Waals surface area contributed by atoms with Gasteiger partial charge in [-0.1, -0.05) is 42.5 Å². The third kappa shape index (κ3) is 2.78. The average molecular weight is 281 g/mol. The van der Waals surface area contributed by atoms with Gasteiger partial charge in [-0.25, -0.2) is 4.98 Å². The highest BCUT2D eigenvalue weighted by Crippen LogP contribution is 2.29. The van der Waals surface area contributed by atoms with Crippen LogP contribution in [0.2, 0.25) is 0 Å². The van der Waals surface area contributed by atoms with E-state index in [1.54, 1.807) is 6.07 Å². The molecule has 1 heterocycles. The van der Waals surface area contributed by atoms with Gasteiger partial charge in [0.2, 0.25) is 11.8 Å². The molecule has 0 bridgehead atoms. The number of hydrogen-bond donors (Lipinski definition) is 2. The number of aliphatic hydroxyl groups is 1. The Morgan fingerprint density at radius 1 is 1.05 bits per heavy atom. The molecule has 3 rings (SSSR count). The van der Waals surface area contributed by atoms with Crippen molar-refractivity contribution in [2.45, 2.75) is 0 Å². The first-order chi connectivity index (χ1) is 10.3. The number of ether oxygens (including phenoxy) is 1. The molecule has 5 heteroatoms. The average Bonchev–Trinajstić information content (AvgIpc) is 2.52. The lowest BCUT2D eigenvalue weighted by atomic mass is 10.0. The number of aromatic nitrogens is 2. The second-order valence-corrected chi connectivity index (χ2v) is 4.55. The molecule has 0 amide bonds. The molecule has 0 spiro atoms. The Morgan fingerprint density at radius 3 is 2.71 bits per heavy atom. The van der Waals surface area contributed by atoms with E-state index in [2.05, 4.69) is 9.97 Å². The monoisotopic (exact) mass is 281 g/mol. The van der Waals surface area contributed by atoms with Gasteiger partial charge in [0, 0.05) is 11.6 Å². The van der Waals surface area contributed by atoms with Gasteiger partial charge in [-0.05, 0) is 10.8 Å². The van der Waals surface area contributed by atoms with Crippen molar-refractivity contribution < 1.29 is 9.84 Å². The summed E-state index contributed by atoms with van der Waals surface area (Å²) in [5.41, 5.74) is 7.42. The highest BCUT2D eigenvalue weighted by Gasteiger charge is 2.09. The van der Waals surface area contributed by atoms with E-state index < -0.39 is 0 Å². The first kappa shape index (κ1) is 13.3. The van der Waals surface area contributed by atoms with E-state index in [9.17, 15) is 0 Å². The van der Waals surface area contributed by atoms with Gasteiger partial charge in [-0.2, -0.15) is 4.98 Å². The Hall–Kier alpha value is -2.66. The lowest BCUT2D eigenvalue weighted by molar-refractivity contribution is 0.197. The zero-order valence-electron chi connectivity index (χ0n) is 11.4. The minimum absolute atomic E-state index is 0.0759. The van der Waals surface area contributed by atoms with E-state index in [0.717, 1.165) is 16.3 Å². The van der Waals surface area contributed by atoms with E-state index in [-0.39, 0.29) is 19.2 Å². The highest BCUT2D eigenvalue weighted by atomic mass is 16.5. The Balaban J connectivity index is 2.12. The maximum atomic E-state index is 8.82. The number of fused-ring (bicyclic) bond motifs is 1. The Morgan fingerprint density at radius 2 is 1.86 bits per heavy atom. The Kier molecular flexibility index (Phi) is 3.66. The number of rotatable bonds is 4. The summed E-state index contributed by atoms with van der Waals surface area (Å²) in [5, 5.41) is 11.0. The number of aliphatic hydroxyl groups excluding tert-OH is 1. The predicted octanol–water partition coefficient (Wildman–Crippen LogP) is 2.25. The lowest BCUT2D eigenvalue weighted by Gasteiger charge is -2.09. The van der Waals surface area contributed by atoms with Gasteiger partial charge in [0.05, 0.1) is 12.3 Å². The molecule has 0 aliphatic carbocycles. The van der Waals surface area contributed by atoms with Crippen LogP contribution in [0, 0.1) is 0 Å². The molecule has 0 aliphatic heterocycles. The molecule has 3 N–H and O–H groups in total. The second kappa shape index (κ2) is 5.76. The third-order valence-electron chi connectivity index (χ3n) is 3.13. The summed E-state index contributed by atoms with van der Waals surface area (Å²) >= 11 is 0. The largest absolute Gasteiger partial charge is 0.475 e. The third-order valence-corrected chi connectivity index (χ3v) is 3.13. The van der Waals surface area contributed by atoms with E-state index in [0.29, 0.717) is 11.6 Å². The van der Waals surface area contributed by atoms with Crippen molar-refractivity contribution in [2.24, 2.45) is 0 Å². The van der Waals surface area contributed by atoms with Crippen LogP contribution in [0.5, 0.6) is 5.88 Å². The molecular weight excluding hydrogens is 266 g/mol. The maximum Gasteiger partial charge on any atom is 0.223 e. The molecule has 5 nitrogen and oxygen atoms in total. The lowest BCUT2D eigenvalue weighted by Crippen LogP contribution is -2.05. The summed E-state index contributed by atoms with van der Waals surface area (Å²) in [7, 11) is 0. The van der Waals surface area contributed by atoms with Gasteiger partial charge in [-0.3, -0.25) is 0 Å². The van der Waals surface area contributed by atoms with Crippen LogP contribution in [0.15, 0.2) is 48.5 Å². The molecule has 0 atom stereocenters. The smallest absolute Gasteiger partial charge is 0.223 e. The molecule has 1 aromatic heterocycles. The van der Waals surface area contributed by atoms with Crippen LogP contribution in [0.4, 0.5) is 5.95 Å². The number of benzene rings is 2. The molecular formula is C16H15N3O2. The minimum Gasteiger partial charge on any atom is -0.475 e. The van der Waals surface area contributed by atoms with Gasteiger partial charge in [0.1, 0.15) is 6.61 Å². The second-order valence-electron chi connectivity index (χ2n) is 4.55. The molecule has 0 unspecified atom stereocenters. The highest BCUT2D eigenvalue weighted by molar-refractivity contribution is 5.95. The van der Waals surface area contributed by atoms with Crippen molar-refractivity contribution in [1.82, 2.24) is 9.97 Å².